The molecule has 44 valence electrons. The van der Waals surface area contributed by atoms with E-state index in [-0.39, 0.29) is 0 Å². The van der Waals surface area contributed by atoms with Crippen LogP contribution in [0.25, 0.3) is 0 Å². The Balaban J connectivity index is 2.85. The predicted molar refractivity (Wildman–Crippen MR) is 37.6 cm³/mol. The van der Waals surface area contributed by atoms with Crippen LogP contribution in [0.4, 0.5) is 4.39 Å². The minimum Gasteiger partial charge on any atom is -0.190 e. The van der Waals surface area contributed by atoms with Crippen molar-refractivity contribution in [3.63, 3.8) is 0 Å². The molecule has 0 N–H and O–H groups in total. The molecule has 2 heteroatoms. The third-order valence-corrected chi connectivity index (χ3v) is 3.60. The van der Waals surface area contributed by atoms with Crippen molar-refractivity contribution >= 4 is 12.8 Å². The Morgan fingerprint density at radius 3 is 2.50 bits per heavy atom. The van der Waals surface area contributed by atoms with Gasteiger partial charge >= 0.3 is 0 Å². The molecule has 1 aliphatic heterocycles. The first kappa shape index (κ1) is 5.97. The maximum Gasteiger partial charge on any atom is 0.271 e. The molecule has 0 fully saturated rings. The fraction of sp³-hybridized carbons (Fsp3) is 0.500. The van der Waals surface area contributed by atoms with Crippen LogP contribution in [0.1, 0.15) is 6.92 Å². The zero-order valence-electron chi connectivity index (χ0n) is 5.06. The Morgan fingerprint density at radius 1 is 1.75 bits per heavy atom. The van der Waals surface area contributed by atoms with Crippen molar-refractivity contribution in [1.82, 2.24) is 0 Å². The van der Waals surface area contributed by atoms with Crippen LogP contribution >= 0.6 is 7.55 Å². The van der Waals surface area contributed by atoms with E-state index in [1.165, 1.54) is 5.29 Å². The van der Waals surface area contributed by atoms with Crippen LogP contribution in [-0.2, 0) is 0 Å². The van der Waals surface area contributed by atoms with Crippen LogP contribution in [0.15, 0.2) is 12.2 Å². The van der Waals surface area contributed by atoms with Gasteiger partial charge in [-0.15, -0.1) is 0 Å². The molecule has 0 bridgehead atoms. The maximum absolute atomic E-state index is 12.5. The molecule has 1 heterocycles. The summed E-state index contributed by atoms with van der Waals surface area (Å²) < 4.78 is 12.5. The molecule has 1 aliphatic rings. The molecule has 0 radical (unpaired) electrons. The van der Waals surface area contributed by atoms with E-state index in [0.29, 0.717) is 0 Å². The molecule has 0 aromatic carbocycles. The van der Waals surface area contributed by atoms with Crippen molar-refractivity contribution in [2.75, 3.05) is 6.66 Å². The van der Waals surface area contributed by atoms with E-state index < -0.39 is 13.5 Å². The minimum absolute atomic E-state index is 0.449. The third-order valence-electron chi connectivity index (χ3n) is 1.42. The van der Waals surface area contributed by atoms with Gasteiger partial charge in [-0.2, -0.15) is 4.39 Å². The highest BCUT2D eigenvalue weighted by atomic mass is 31.1. The highest BCUT2D eigenvalue weighted by molar-refractivity contribution is 7.59. The molecular formula is C6H9FP+. The molecule has 0 nitrogen and oxygen atoms in total. The summed E-state index contributed by atoms with van der Waals surface area (Å²) >= 11 is 0. The molecule has 0 aromatic heterocycles. The van der Waals surface area contributed by atoms with Crippen molar-refractivity contribution in [3.8, 4) is 0 Å². The number of hydrogen-bond acceptors (Lipinski definition) is 0. The monoisotopic (exact) mass is 131 g/mol. The molecule has 1 rings (SSSR count). The Kier molecular flexibility index (Phi) is 1.48. The van der Waals surface area contributed by atoms with Crippen molar-refractivity contribution in [3.05, 3.63) is 12.2 Å². The maximum atomic E-state index is 12.5. The summed E-state index contributed by atoms with van der Waals surface area (Å²) in [6, 6.07) is 0. The third kappa shape index (κ3) is 0.830. The van der Waals surface area contributed by atoms with Crippen molar-refractivity contribution in [2.24, 2.45) is 0 Å². The van der Waals surface area contributed by atoms with E-state index in [4.69, 9.17) is 0 Å². The first-order valence-electron chi connectivity index (χ1n) is 2.60. The normalized spacial score (nSPS) is 32.1. The van der Waals surface area contributed by atoms with E-state index in [1.807, 2.05) is 19.7 Å². The zero-order chi connectivity index (χ0) is 6.15. The fourth-order valence-electron chi connectivity index (χ4n) is 0.660. The van der Waals surface area contributed by atoms with Crippen LogP contribution in [0.3, 0.4) is 0 Å². The molecule has 2 unspecified atom stereocenters. The Hall–Kier alpha value is -0.160. The lowest BCUT2D eigenvalue weighted by Crippen LogP contribution is -1.81. The first-order chi connectivity index (χ1) is 3.72. The average molecular weight is 131 g/mol. The molecule has 8 heavy (non-hydrogen) atoms. The second-order valence-electron chi connectivity index (χ2n) is 1.98. The Labute approximate surface area is 49.8 Å². The summed E-state index contributed by atoms with van der Waals surface area (Å²) in [6.45, 7) is 3.96. The summed E-state index contributed by atoms with van der Waals surface area (Å²) in [5, 5.41) is 1.22. The molecular weight excluding hydrogens is 122 g/mol. The van der Waals surface area contributed by atoms with Crippen LogP contribution in [0, 0.1) is 0 Å². The van der Waals surface area contributed by atoms with Gasteiger partial charge in [0.05, 0.1) is 6.66 Å². The van der Waals surface area contributed by atoms with Gasteiger partial charge in [0.15, 0.2) is 0 Å². The average Bonchev–Trinajstić information content (AvgIpc) is 1.98. The van der Waals surface area contributed by atoms with Gasteiger partial charge in [-0.05, 0) is 12.2 Å². The standard InChI is InChI=1S/C6H9FP/c1-5-3-4-6(7)8(5)2/h3-4,6H,1-2H3/q+1. The smallest absolute Gasteiger partial charge is 0.190 e. The van der Waals surface area contributed by atoms with Gasteiger partial charge in [-0.1, -0.05) is 0 Å². The Morgan fingerprint density at radius 2 is 2.38 bits per heavy atom. The predicted octanol–water partition coefficient (Wildman–Crippen LogP) is 2.16. The second kappa shape index (κ2) is 1.99. The van der Waals surface area contributed by atoms with Crippen LogP contribution < -0.4 is 0 Å². The van der Waals surface area contributed by atoms with Gasteiger partial charge in [0.2, 0.25) is 0 Å². The summed E-state index contributed by atoms with van der Waals surface area (Å²) in [5.74, 6) is -0.662. The van der Waals surface area contributed by atoms with Gasteiger partial charge in [0.25, 0.3) is 5.91 Å². The van der Waals surface area contributed by atoms with E-state index in [0.717, 1.165) is 0 Å². The van der Waals surface area contributed by atoms with Crippen molar-refractivity contribution < 1.29 is 4.39 Å². The SMILES string of the molecule is CC1=[P+](C)C(F)C=C1. The second-order valence-corrected chi connectivity index (χ2v) is 4.40. The molecule has 0 aliphatic carbocycles. The lowest BCUT2D eigenvalue weighted by Gasteiger charge is -1.82. The van der Waals surface area contributed by atoms with Crippen molar-refractivity contribution in [2.45, 2.75) is 12.8 Å². The number of allylic oxidation sites excluding steroid dienone is 2. The van der Waals surface area contributed by atoms with Crippen LogP contribution in [0.5, 0.6) is 0 Å². The van der Waals surface area contributed by atoms with E-state index in [2.05, 4.69) is 0 Å². The van der Waals surface area contributed by atoms with E-state index >= 15 is 0 Å². The highest BCUT2D eigenvalue weighted by Gasteiger charge is 2.23. The number of rotatable bonds is 0. The topological polar surface area (TPSA) is 0 Å². The number of alkyl halides is 1. The first-order valence-corrected chi connectivity index (χ1v) is 4.46. The Bertz CT molecular complexity index is 158. The van der Waals surface area contributed by atoms with Gasteiger partial charge in [0, 0.05) is 6.92 Å². The molecule has 0 saturated carbocycles. The van der Waals surface area contributed by atoms with Crippen molar-refractivity contribution in [1.29, 1.82) is 0 Å². The summed E-state index contributed by atoms with van der Waals surface area (Å²) in [6.07, 6.45) is 3.53. The van der Waals surface area contributed by atoms with Crippen LogP contribution in [-0.4, -0.2) is 17.9 Å². The lowest BCUT2D eigenvalue weighted by atomic mass is 10.4. The summed E-state index contributed by atoms with van der Waals surface area (Å²) in [7, 11) is -0.449. The molecule has 0 spiro atoms. The fourth-order valence-corrected chi connectivity index (χ4v) is 1.71. The molecule has 0 aromatic rings. The summed E-state index contributed by atoms with van der Waals surface area (Å²) in [4.78, 5) is 0. The van der Waals surface area contributed by atoms with E-state index in [9.17, 15) is 4.39 Å². The van der Waals surface area contributed by atoms with Gasteiger partial charge in [-0.3, -0.25) is 0 Å². The zero-order valence-corrected chi connectivity index (χ0v) is 5.95. The molecule has 2 atom stereocenters. The largest absolute Gasteiger partial charge is 0.271 e. The minimum atomic E-state index is -0.662. The van der Waals surface area contributed by atoms with E-state index in [1.54, 1.807) is 6.08 Å². The number of halogens is 1. The number of hydrogen-bond donors (Lipinski definition) is 0. The lowest BCUT2D eigenvalue weighted by molar-refractivity contribution is 0.517. The van der Waals surface area contributed by atoms with Gasteiger partial charge < -0.3 is 0 Å². The summed E-state index contributed by atoms with van der Waals surface area (Å²) in [5.41, 5.74) is 0. The van der Waals surface area contributed by atoms with Gasteiger partial charge in [-0.25, -0.2) is 0 Å². The molecule has 0 amide bonds. The van der Waals surface area contributed by atoms with Gasteiger partial charge in [0.1, 0.15) is 12.8 Å². The quantitative estimate of drug-likeness (QED) is 0.442. The highest BCUT2D eigenvalue weighted by Crippen LogP contribution is 2.34. The molecule has 0 saturated heterocycles. The van der Waals surface area contributed by atoms with Crippen LogP contribution in [0.2, 0.25) is 0 Å².